The molecule has 0 unspecified atom stereocenters. The van der Waals surface area contributed by atoms with Crippen LogP contribution in [0.15, 0.2) is 22.7 Å². The van der Waals surface area contributed by atoms with E-state index >= 15 is 0 Å². The number of hydrogen-bond acceptors (Lipinski definition) is 2. The van der Waals surface area contributed by atoms with Crippen molar-refractivity contribution in [2.75, 3.05) is 5.32 Å². The van der Waals surface area contributed by atoms with Gasteiger partial charge in [-0.15, -0.1) is 0 Å². The molecule has 0 radical (unpaired) electrons. The minimum Gasteiger partial charge on any atom is -0.481 e. The minimum absolute atomic E-state index is 0.182. The van der Waals surface area contributed by atoms with Crippen LogP contribution in [0.2, 0.25) is 0 Å². The fourth-order valence-electron chi connectivity index (χ4n) is 2.71. The Morgan fingerprint density at radius 2 is 1.90 bits per heavy atom. The Bertz CT molecular complexity index is 530. The van der Waals surface area contributed by atoms with Gasteiger partial charge in [-0.25, -0.2) is 0 Å². The summed E-state index contributed by atoms with van der Waals surface area (Å²) < 4.78 is 0.925. The monoisotopic (exact) mass is 339 g/mol. The lowest BCUT2D eigenvalue weighted by Gasteiger charge is -2.27. The zero-order valence-corrected chi connectivity index (χ0v) is 12.9. The van der Waals surface area contributed by atoms with Crippen LogP contribution < -0.4 is 5.32 Å². The molecule has 2 N–H and O–H groups in total. The van der Waals surface area contributed by atoms with Gasteiger partial charge >= 0.3 is 5.97 Å². The summed E-state index contributed by atoms with van der Waals surface area (Å²) in [5.74, 6) is -2.04. The molecule has 1 aromatic rings. The Kier molecular flexibility index (Phi) is 4.81. The van der Waals surface area contributed by atoms with E-state index in [4.69, 9.17) is 0 Å². The van der Waals surface area contributed by atoms with Crippen LogP contribution in [0.3, 0.4) is 0 Å². The average molecular weight is 340 g/mol. The summed E-state index contributed by atoms with van der Waals surface area (Å²) >= 11 is 3.42. The van der Waals surface area contributed by atoms with Gasteiger partial charge in [-0.2, -0.15) is 0 Å². The summed E-state index contributed by atoms with van der Waals surface area (Å²) in [5.41, 5.74) is 1.68. The number of hydrogen-bond donors (Lipinski definition) is 2. The summed E-state index contributed by atoms with van der Waals surface area (Å²) in [6.07, 6.45) is 3.04. The normalized spacial score (nSPS) is 22.3. The predicted octanol–water partition coefficient (Wildman–Crippen LogP) is 3.59. The number of halogens is 1. The Labute approximate surface area is 126 Å². The maximum Gasteiger partial charge on any atom is 0.307 e. The van der Waals surface area contributed by atoms with Crippen molar-refractivity contribution in [3.8, 4) is 0 Å². The lowest BCUT2D eigenvalue weighted by molar-refractivity contribution is -0.147. The molecular formula is C15H18BrNO3. The van der Waals surface area contributed by atoms with Gasteiger partial charge in [0.25, 0.3) is 0 Å². The van der Waals surface area contributed by atoms with E-state index in [1.165, 1.54) is 0 Å². The van der Waals surface area contributed by atoms with E-state index in [2.05, 4.69) is 21.2 Å². The zero-order valence-electron chi connectivity index (χ0n) is 11.4. The summed E-state index contributed by atoms with van der Waals surface area (Å²) in [5, 5.41) is 12.1. The van der Waals surface area contributed by atoms with Gasteiger partial charge in [0.15, 0.2) is 0 Å². The highest BCUT2D eigenvalue weighted by Crippen LogP contribution is 2.32. The highest BCUT2D eigenvalue weighted by Gasteiger charge is 2.35. The van der Waals surface area contributed by atoms with Crippen LogP contribution in [0.1, 0.15) is 31.2 Å². The molecule has 1 aromatic carbocycles. The third-order valence-corrected chi connectivity index (χ3v) is 4.80. The Morgan fingerprint density at radius 1 is 1.25 bits per heavy atom. The molecule has 1 aliphatic carbocycles. The van der Waals surface area contributed by atoms with E-state index < -0.39 is 17.8 Å². The van der Waals surface area contributed by atoms with Crippen LogP contribution >= 0.6 is 15.9 Å². The van der Waals surface area contributed by atoms with Gasteiger partial charge in [0, 0.05) is 10.2 Å². The third kappa shape index (κ3) is 3.20. The van der Waals surface area contributed by atoms with Crippen LogP contribution in [0, 0.1) is 18.8 Å². The molecule has 2 rings (SSSR count). The predicted molar refractivity (Wildman–Crippen MR) is 80.6 cm³/mol. The van der Waals surface area contributed by atoms with Gasteiger partial charge in [0.1, 0.15) is 0 Å². The molecule has 1 fully saturated rings. The van der Waals surface area contributed by atoms with Crippen molar-refractivity contribution in [2.24, 2.45) is 11.8 Å². The van der Waals surface area contributed by atoms with Crippen molar-refractivity contribution < 1.29 is 14.7 Å². The van der Waals surface area contributed by atoms with Crippen LogP contribution in [0.25, 0.3) is 0 Å². The highest BCUT2D eigenvalue weighted by molar-refractivity contribution is 9.10. The molecule has 0 heterocycles. The molecule has 0 spiro atoms. The third-order valence-electron chi connectivity index (χ3n) is 3.95. The van der Waals surface area contributed by atoms with E-state index in [-0.39, 0.29) is 5.91 Å². The van der Waals surface area contributed by atoms with Gasteiger partial charge < -0.3 is 10.4 Å². The van der Waals surface area contributed by atoms with Gasteiger partial charge in [0.2, 0.25) is 5.91 Å². The molecule has 1 amide bonds. The molecule has 0 aliphatic heterocycles. The summed E-state index contributed by atoms with van der Waals surface area (Å²) in [7, 11) is 0. The lowest BCUT2D eigenvalue weighted by Crippen LogP contribution is -2.36. The number of carboxylic acid groups (broad SMARTS) is 1. The Hall–Kier alpha value is -1.36. The van der Waals surface area contributed by atoms with Crippen LogP contribution in [-0.2, 0) is 9.59 Å². The van der Waals surface area contributed by atoms with Crippen molar-refractivity contribution in [1.82, 2.24) is 0 Å². The number of carbonyl (C=O) groups is 2. The standard InChI is InChI=1S/C15H18BrNO3/c1-9-12(16)7-4-8-13(9)17-14(18)10-5-2-3-6-11(10)15(19)20/h4,7-8,10-11H,2-3,5-6H2,1H3,(H,17,18)(H,19,20)/t10-,11+/m1/s1. The second-order valence-corrected chi connectivity index (χ2v) is 6.09. The second-order valence-electron chi connectivity index (χ2n) is 5.24. The van der Waals surface area contributed by atoms with Crippen molar-refractivity contribution in [3.05, 3.63) is 28.2 Å². The SMILES string of the molecule is Cc1c(Br)cccc1NC(=O)[C@@H]1CCCC[C@@H]1C(=O)O. The van der Waals surface area contributed by atoms with Crippen LogP contribution in [0.5, 0.6) is 0 Å². The van der Waals surface area contributed by atoms with Crippen LogP contribution in [0.4, 0.5) is 5.69 Å². The largest absolute Gasteiger partial charge is 0.481 e. The minimum atomic E-state index is -0.865. The van der Waals surface area contributed by atoms with Gasteiger partial charge in [-0.3, -0.25) is 9.59 Å². The highest BCUT2D eigenvalue weighted by atomic mass is 79.9. The number of benzene rings is 1. The van der Waals surface area contributed by atoms with E-state index in [1.54, 1.807) is 0 Å². The molecule has 20 heavy (non-hydrogen) atoms. The smallest absolute Gasteiger partial charge is 0.307 e. The Balaban J connectivity index is 2.14. The molecule has 0 bridgehead atoms. The van der Waals surface area contributed by atoms with E-state index in [1.807, 2.05) is 25.1 Å². The number of anilines is 1. The number of carboxylic acids is 1. The van der Waals surface area contributed by atoms with E-state index in [0.717, 1.165) is 28.6 Å². The van der Waals surface area contributed by atoms with Crippen LogP contribution in [-0.4, -0.2) is 17.0 Å². The molecule has 108 valence electrons. The molecule has 5 heteroatoms. The molecule has 0 saturated heterocycles. The molecule has 1 aliphatic rings. The quantitative estimate of drug-likeness (QED) is 0.884. The molecule has 2 atom stereocenters. The first-order chi connectivity index (χ1) is 9.50. The first kappa shape index (κ1) is 15.0. The first-order valence-electron chi connectivity index (χ1n) is 6.79. The van der Waals surface area contributed by atoms with Crippen molar-refractivity contribution in [3.63, 3.8) is 0 Å². The van der Waals surface area contributed by atoms with Gasteiger partial charge in [0.05, 0.1) is 11.8 Å². The molecule has 1 saturated carbocycles. The number of nitrogens with one attached hydrogen (secondary N) is 1. The fourth-order valence-corrected chi connectivity index (χ4v) is 3.07. The maximum absolute atomic E-state index is 12.4. The average Bonchev–Trinajstić information content (AvgIpc) is 2.43. The Morgan fingerprint density at radius 3 is 2.55 bits per heavy atom. The molecule has 0 aromatic heterocycles. The number of carbonyl (C=O) groups excluding carboxylic acids is 1. The summed E-state index contributed by atoms with van der Waals surface area (Å²) in [6.45, 7) is 1.91. The topological polar surface area (TPSA) is 66.4 Å². The molecule has 4 nitrogen and oxygen atoms in total. The van der Waals surface area contributed by atoms with Crippen molar-refractivity contribution >= 4 is 33.5 Å². The second kappa shape index (κ2) is 6.39. The first-order valence-corrected chi connectivity index (χ1v) is 7.59. The van der Waals surface area contributed by atoms with E-state index in [9.17, 15) is 14.7 Å². The van der Waals surface area contributed by atoms with Crippen molar-refractivity contribution in [2.45, 2.75) is 32.6 Å². The maximum atomic E-state index is 12.4. The summed E-state index contributed by atoms with van der Waals surface area (Å²) in [4.78, 5) is 23.6. The van der Waals surface area contributed by atoms with E-state index in [0.29, 0.717) is 12.8 Å². The summed E-state index contributed by atoms with van der Waals surface area (Å²) in [6, 6.07) is 5.59. The van der Waals surface area contributed by atoms with Crippen molar-refractivity contribution in [1.29, 1.82) is 0 Å². The van der Waals surface area contributed by atoms with Gasteiger partial charge in [-0.1, -0.05) is 34.8 Å². The number of aliphatic carboxylic acids is 1. The number of amides is 1. The lowest BCUT2D eigenvalue weighted by atomic mass is 9.78. The zero-order chi connectivity index (χ0) is 14.7. The number of rotatable bonds is 3. The molecular weight excluding hydrogens is 322 g/mol. The van der Waals surface area contributed by atoms with Gasteiger partial charge in [-0.05, 0) is 37.5 Å². The fraction of sp³-hybridized carbons (Fsp3) is 0.467.